The summed E-state index contributed by atoms with van der Waals surface area (Å²) in [4.78, 5) is 24.7. The van der Waals surface area contributed by atoms with Gasteiger partial charge >= 0.3 is 5.69 Å². The van der Waals surface area contributed by atoms with E-state index in [2.05, 4.69) is 10.2 Å². The topological polar surface area (TPSA) is 67.8 Å². The van der Waals surface area contributed by atoms with E-state index in [0.717, 1.165) is 22.3 Å². The van der Waals surface area contributed by atoms with E-state index >= 15 is 0 Å². The highest BCUT2D eigenvalue weighted by Gasteiger charge is 2.15. The molecule has 0 saturated carbocycles. The van der Waals surface area contributed by atoms with Crippen LogP contribution in [0, 0.1) is 20.8 Å². The molecule has 0 unspecified atom stereocenters. The van der Waals surface area contributed by atoms with Gasteiger partial charge in [0.2, 0.25) is 0 Å². The first kappa shape index (κ1) is 18.2. The molecule has 0 spiro atoms. The number of ketones is 1. The van der Waals surface area contributed by atoms with Crippen LogP contribution in [-0.2, 0) is 6.54 Å². The number of carbonyl (C=O) groups excluding carboxylic acids is 1. The largest absolute Gasteiger partial charge is 0.344 e. The van der Waals surface area contributed by atoms with Gasteiger partial charge in [-0.2, -0.15) is 0 Å². The average Bonchev–Trinajstić information content (AvgIpc) is 2.97. The Morgan fingerprint density at radius 1 is 1.08 bits per heavy atom. The van der Waals surface area contributed by atoms with Crippen LogP contribution >= 0.6 is 11.8 Å². The molecule has 0 aliphatic heterocycles. The summed E-state index contributed by atoms with van der Waals surface area (Å²) in [7, 11) is 0. The Morgan fingerprint density at radius 3 is 2.50 bits per heavy atom. The van der Waals surface area contributed by atoms with E-state index in [1.54, 1.807) is 4.57 Å². The van der Waals surface area contributed by atoms with Gasteiger partial charge in [-0.25, -0.2) is 9.89 Å². The van der Waals surface area contributed by atoms with Gasteiger partial charge in [0.15, 0.2) is 10.9 Å². The van der Waals surface area contributed by atoms with Crippen molar-refractivity contribution in [1.29, 1.82) is 0 Å². The summed E-state index contributed by atoms with van der Waals surface area (Å²) in [6, 6.07) is 13.7. The Morgan fingerprint density at radius 2 is 1.77 bits per heavy atom. The van der Waals surface area contributed by atoms with Gasteiger partial charge in [-0.1, -0.05) is 48.2 Å². The van der Waals surface area contributed by atoms with Crippen LogP contribution in [0.15, 0.2) is 52.4 Å². The van der Waals surface area contributed by atoms with Crippen molar-refractivity contribution < 1.29 is 4.79 Å². The molecular formula is C20H21N3O2S. The maximum absolute atomic E-state index is 12.6. The average molecular weight is 367 g/mol. The predicted molar refractivity (Wildman–Crippen MR) is 104 cm³/mol. The molecule has 3 aromatic rings. The summed E-state index contributed by atoms with van der Waals surface area (Å²) in [6.45, 7) is 6.42. The maximum Gasteiger partial charge on any atom is 0.344 e. The minimum Gasteiger partial charge on any atom is -0.293 e. The molecule has 1 aromatic heterocycles. The molecule has 1 N–H and O–H groups in total. The van der Waals surface area contributed by atoms with E-state index in [1.165, 1.54) is 17.3 Å². The van der Waals surface area contributed by atoms with Gasteiger partial charge in [0, 0.05) is 5.56 Å². The predicted octanol–water partition coefficient (Wildman–Crippen LogP) is 3.52. The number of benzene rings is 2. The first-order valence-electron chi connectivity index (χ1n) is 8.38. The Hall–Kier alpha value is -2.60. The van der Waals surface area contributed by atoms with Gasteiger partial charge in [-0.3, -0.25) is 9.36 Å². The number of aromatic amines is 1. The van der Waals surface area contributed by atoms with Crippen molar-refractivity contribution in [1.82, 2.24) is 14.8 Å². The molecule has 5 nitrogen and oxygen atoms in total. The zero-order chi connectivity index (χ0) is 18.7. The number of hydrogen-bond acceptors (Lipinski definition) is 4. The third-order valence-electron chi connectivity index (χ3n) is 4.38. The lowest BCUT2D eigenvalue weighted by Gasteiger charge is -2.09. The monoisotopic (exact) mass is 367 g/mol. The first-order chi connectivity index (χ1) is 12.5. The highest BCUT2D eigenvalue weighted by molar-refractivity contribution is 7.99. The van der Waals surface area contributed by atoms with Crippen molar-refractivity contribution >= 4 is 17.5 Å². The van der Waals surface area contributed by atoms with Gasteiger partial charge in [-0.15, -0.1) is 5.10 Å². The molecule has 2 aromatic carbocycles. The maximum atomic E-state index is 12.6. The van der Waals surface area contributed by atoms with E-state index in [4.69, 9.17) is 0 Å². The number of aryl methyl sites for hydroxylation is 3. The Kier molecular flexibility index (Phi) is 5.42. The lowest BCUT2D eigenvalue weighted by atomic mass is 9.99. The van der Waals surface area contributed by atoms with Gasteiger partial charge in [0.1, 0.15) is 0 Å². The van der Waals surface area contributed by atoms with Crippen LogP contribution in [-0.4, -0.2) is 26.3 Å². The van der Waals surface area contributed by atoms with E-state index < -0.39 is 0 Å². The van der Waals surface area contributed by atoms with Gasteiger partial charge in [-0.05, 0) is 49.1 Å². The highest BCUT2D eigenvalue weighted by Crippen LogP contribution is 2.20. The van der Waals surface area contributed by atoms with Crippen LogP contribution in [0.4, 0.5) is 0 Å². The number of thioether (sulfide) groups is 1. The Labute approximate surface area is 156 Å². The minimum atomic E-state index is -0.272. The number of Topliss-reactive ketones (excluding diaryl/α,β-unsaturated/α-hetero) is 1. The lowest BCUT2D eigenvalue weighted by molar-refractivity contribution is 0.102. The molecule has 0 saturated heterocycles. The number of carbonyl (C=O) groups is 1. The Bertz CT molecular complexity index is 990. The number of nitrogens with zero attached hydrogens (tertiary/aromatic N) is 2. The normalized spacial score (nSPS) is 10.9. The van der Waals surface area contributed by atoms with Crippen LogP contribution in [0.3, 0.4) is 0 Å². The molecule has 26 heavy (non-hydrogen) atoms. The minimum absolute atomic E-state index is 0.0392. The summed E-state index contributed by atoms with van der Waals surface area (Å²) < 4.78 is 1.56. The molecule has 0 bridgehead atoms. The Balaban J connectivity index is 1.75. The van der Waals surface area contributed by atoms with Crippen LogP contribution in [0.25, 0.3) is 0 Å². The summed E-state index contributed by atoms with van der Waals surface area (Å²) in [5.74, 6) is 0.278. The van der Waals surface area contributed by atoms with E-state index in [1.807, 2.05) is 63.2 Å². The molecule has 0 aliphatic carbocycles. The number of rotatable bonds is 6. The van der Waals surface area contributed by atoms with E-state index in [9.17, 15) is 9.59 Å². The quantitative estimate of drug-likeness (QED) is 0.535. The SMILES string of the molecule is Cc1cc(C)c(C(=O)CSc2n[nH]c(=O)n2Cc2ccccc2)cc1C. The summed E-state index contributed by atoms with van der Waals surface area (Å²) >= 11 is 1.28. The molecule has 0 radical (unpaired) electrons. The zero-order valence-corrected chi connectivity index (χ0v) is 15.9. The summed E-state index contributed by atoms with van der Waals surface area (Å²) in [5, 5.41) is 7.06. The van der Waals surface area contributed by atoms with Crippen LogP contribution in [0.2, 0.25) is 0 Å². The van der Waals surface area contributed by atoms with Crippen LogP contribution < -0.4 is 5.69 Å². The van der Waals surface area contributed by atoms with Crippen LogP contribution in [0.5, 0.6) is 0 Å². The first-order valence-corrected chi connectivity index (χ1v) is 9.37. The molecule has 0 aliphatic rings. The van der Waals surface area contributed by atoms with Crippen molar-refractivity contribution in [3.8, 4) is 0 Å². The lowest BCUT2D eigenvalue weighted by Crippen LogP contribution is -2.18. The summed E-state index contributed by atoms with van der Waals surface area (Å²) in [5.41, 5.74) is 4.72. The second kappa shape index (κ2) is 7.74. The smallest absolute Gasteiger partial charge is 0.293 e. The van der Waals surface area contributed by atoms with Gasteiger partial charge in [0.05, 0.1) is 12.3 Å². The number of aromatic nitrogens is 3. The standard InChI is InChI=1S/C20H21N3O2S/c1-13-9-15(3)17(10-14(13)2)18(24)12-26-20-22-21-19(25)23(20)11-16-7-5-4-6-8-16/h4-10H,11-12H2,1-3H3,(H,21,25). The molecule has 3 rings (SSSR count). The third kappa shape index (κ3) is 3.96. The third-order valence-corrected chi connectivity index (χ3v) is 5.36. The molecule has 0 fully saturated rings. The second-order valence-corrected chi connectivity index (χ2v) is 7.29. The fraction of sp³-hybridized carbons (Fsp3) is 0.250. The van der Waals surface area contributed by atoms with E-state index in [-0.39, 0.29) is 17.2 Å². The van der Waals surface area contributed by atoms with Gasteiger partial charge in [0.25, 0.3) is 0 Å². The van der Waals surface area contributed by atoms with Crippen molar-refractivity contribution in [2.75, 3.05) is 5.75 Å². The van der Waals surface area contributed by atoms with Gasteiger partial charge < -0.3 is 0 Å². The van der Waals surface area contributed by atoms with Crippen molar-refractivity contribution in [2.24, 2.45) is 0 Å². The van der Waals surface area contributed by atoms with Crippen LogP contribution in [0.1, 0.15) is 32.6 Å². The highest BCUT2D eigenvalue weighted by atomic mass is 32.2. The number of H-pyrrole nitrogens is 1. The fourth-order valence-corrected chi connectivity index (χ4v) is 3.62. The molecular weight excluding hydrogens is 346 g/mol. The fourth-order valence-electron chi connectivity index (χ4n) is 2.79. The molecule has 134 valence electrons. The summed E-state index contributed by atoms with van der Waals surface area (Å²) in [6.07, 6.45) is 0. The number of hydrogen-bond donors (Lipinski definition) is 1. The molecule has 0 atom stereocenters. The number of nitrogens with one attached hydrogen (secondary N) is 1. The van der Waals surface area contributed by atoms with E-state index in [0.29, 0.717) is 11.7 Å². The zero-order valence-electron chi connectivity index (χ0n) is 15.1. The van der Waals surface area contributed by atoms with Crippen molar-refractivity contribution in [2.45, 2.75) is 32.5 Å². The molecule has 1 heterocycles. The van der Waals surface area contributed by atoms with Crippen molar-refractivity contribution in [3.63, 3.8) is 0 Å². The van der Waals surface area contributed by atoms with Crippen molar-refractivity contribution in [3.05, 3.63) is 80.8 Å². The molecule has 0 amide bonds. The second-order valence-electron chi connectivity index (χ2n) is 6.35. The molecule has 6 heteroatoms.